The number of ketones is 1. The van der Waals surface area contributed by atoms with Gasteiger partial charge in [0.15, 0.2) is 30.9 Å². The molecule has 3 heterocycles. The monoisotopic (exact) mass is 952 g/mol. The van der Waals surface area contributed by atoms with Crippen LogP contribution in [0.5, 0.6) is 5.75 Å². The van der Waals surface area contributed by atoms with Crippen LogP contribution in [-0.2, 0) is 71.4 Å². The fourth-order valence-corrected chi connectivity index (χ4v) is 6.78. The zero-order valence-corrected chi connectivity index (χ0v) is 35.9. The van der Waals surface area contributed by atoms with Crippen molar-refractivity contribution in [3.63, 3.8) is 0 Å². The van der Waals surface area contributed by atoms with Gasteiger partial charge in [0.25, 0.3) is 15.4 Å². The first-order valence-corrected chi connectivity index (χ1v) is 20.3. The molecule has 62 heavy (non-hydrogen) atoms. The third-order valence-electron chi connectivity index (χ3n) is 9.22. The molecule has 0 radical (unpaired) electrons. The van der Waals surface area contributed by atoms with Crippen LogP contribution in [0.4, 0.5) is 5.69 Å². The molecule has 0 aliphatic carbocycles. The lowest BCUT2D eigenvalue weighted by atomic mass is 9.94. The van der Waals surface area contributed by atoms with Crippen molar-refractivity contribution in [3.8, 4) is 5.75 Å². The number of ether oxygens (including phenoxy) is 10. The fourth-order valence-electron chi connectivity index (χ4n) is 6.55. The highest BCUT2D eigenvalue weighted by atomic mass is 35.6. The Morgan fingerprint density at radius 2 is 1.47 bits per heavy atom. The summed E-state index contributed by atoms with van der Waals surface area (Å²) in [7, 11) is 0. The number of non-ortho nitro benzene ring substituents is 1. The van der Waals surface area contributed by atoms with Gasteiger partial charge in [0.2, 0.25) is 6.29 Å². The highest BCUT2D eigenvalue weighted by molar-refractivity contribution is 6.76. The molecule has 338 valence electrons. The topological polar surface area (TPSA) is 250 Å². The van der Waals surface area contributed by atoms with E-state index in [0.717, 1.165) is 26.0 Å². The molecule has 0 saturated carbocycles. The average Bonchev–Trinajstić information content (AvgIpc) is 3.22. The lowest BCUT2D eigenvalue weighted by Gasteiger charge is -2.51. The number of esters is 4. The average molecular weight is 955 g/mol. The summed E-state index contributed by atoms with van der Waals surface area (Å²) >= 11 is 23.8. The third kappa shape index (κ3) is 13.1. The second-order valence-corrected chi connectivity index (χ2v) is 16.4. The summed E-state index contributed by atoms with van der Waals surface area (Å²) in [5.74, 6) is -6.02. The van der Waals surface area contributed by atoms with Crippen LogP contribution in [0.15, 0.2) is 54.6 Å². The van der Waals surface area contributed by atoms with E-state index < -0.39 is 119 Å². The maximum absolute atomic E-state index is 13.5. The van der Waals surface area contributed by atoms with Gasteiger partial charge < -0.3 is 57.5 Å². The van der Waals surface area contributed by atoms with Crippen molar-refractivity contribution >= 4 is 87.7 Å². The summed E-state index contributed by atoms with van der Waals surface area (Å²) in [6, 6.07) is 11.9. The van der Waals surface area contributed by atoms with Gasteiger partial charge >= 0.3 is 23.9 Å². The Morgan fingerprint density at radius 3 is 2.06 bits per heavy atom. The number of fused-ring (bicyclic) bond motifs is 1. The van der Waals surface area contributed by atoms with Crippen LogP contribution in [0.3, 0.4) is 0 Å². The first kappa shape index (κ1) is 48.6. The highest BCUT2D eigenvalue weighted by Crippen LogP contribution is 2.40. The van der Waals surface area contributed by atoms with E-state index in [1.54, 1.807) is 30.3 Å². The Balaban J connectivity index is 1.62. The molecule has 2 aromatic rings. The largest absolute Gasteiger partial charge is 0.463 e. The molecule has 24 heteroatoms. The number of carbonyl (C=O) groups is 6. The molecule has 5 rings (SSSR count). The number of nitro benzene ring substituents is 1. The highest BCUT2D eigenvalue weighted by Gasteiger charge is 2.58. The number of halogens is 4. The van der Waals surface area contributed by atoms with Crippen LogP contribution in [0.1, 0.15) is 45.5 Å². The number of amides is 1. The number of hydrogen-bond donors (Lipinski definition) is 1. The summed E-state index contributed by atoms with van der Waals surface area (Å²) in [6.07, 6.45) is -15.7. The Bertz CT molecular complexity index is 1940. The van der Waals surface area contributed by atoms with Gasteiger partial charge in [-0.25, -0.2) is 0 Å². The fraction of sp³-hybridized carbons (Fsp3) is 0.526. The van der Waals surface area contributed by atoms with Crippen LogP contribution >= 0.6 is 46.4 Å². The van der Waals surface area contributed by atoms with Crippen LogP contribution in [-0.4, -0.2) is 125 Å². The van der Waals surface area contributed by atoms with E-state index in [2.05, 4.69) is 5.32 Å². The van der Waals surface area contributed by atoms with Crippen molar-refractivity contribution in [2.24, 2.45) is 0 Å². The number of rotatable bonds is 16. The second kappa shape index (κ2) is 21.8. The Morgan fingerprint density at radius 1 is 0.806 bits per heavy atom. The molecule has 20 nitrogen and oxygen atoms in total. The first-order valence-electron chi connectivity index (χ1n) is 18.7. The smallest absolute Gasteiger partial charge is 0.321 e. The third-order valence-corrected chi connectivity index (χ3v) is 9.95. The van der Waals surface area contributed by atoms with Gasteiger partial charge in [-0.2, -0.15) is 0 Å². The molecule has 3 aliphatic heterocycles. The number of nitro groups is 1. The summed E-state index contributed by atoms with van der Waals surface area (Å²) in [4.78, 5) is 86.5. The zero-order valence-electron chi connectivity index (χ0n) is 32.9. The summed E-state index contributed by atoms with van der Waals surface area (Å²) < 4.78 is 57.3. The van der Waals surface area contributed by atoms with Gasteiger partial charge in [-0.1, -0.05) is 65.1 Å². The SMILES string of the molecule is CC(=O)CCC(=O)OC[C@H]1O[C@@H](O[C@@H]2[C@@H](NC(=O)C(Cl)(Cl)Cl)[C@@H](Oc3ccc([N+](=O)[O-])cc3)O[C@@H]3COC(c4ccccc4)O[C@@H]23)[C@H](OC(C)=O)[C@@H](OC(C)=O)[C@@H]1OC(=O)CCl. The Kier molecular flexibility index (Phi) is 17.1. The van der Waals surface area contributed by atoms with Crippen molar-refractivity contribution in [3.05, 3.63) is 70.3 Å². The number of Topliss-reactive ketones (excluding diaryl/α,β-unsaturated/α-hetero) is 1. The van der Waals surface area contributed by atoms with Crippen molar-refractivity contribution in [1.29, 1.82) is 0 Å². The number of carbonyl (C=O) groups excluding carboxylic acids is 6. The lowest BCUT2D eigenvalue weighted by molar-refractivity contribution is -0.385. The van der Waals surface area contributed by atoms with Gasteiger partial charge in [-0.05, 0) is 19.1 Å². The van der Waals surface area contributed by atoms with E-state index in [-0.39, 0.29) is 36.7 Å². The van der Waals surface area contributed by atoms with Gasteiger partial charge in [-0.3, -0.25) is 34.1 Å². The minimum Gasteiger partial charge on any atom is -0.463 e. The molecular weight excluding hydrogens is 914 g/mol. The quantitative estimate of drug-likeness (QED) is 0.0828. The standard InChI is InChI=1S/C38H40Cl4N2O18/c1-18(45)9-14-26(48)53-16-24-30(60-27(49)15-39)32(55-19(2)46)33(56-20(3)47)36(59-24)62-31-28(43-37(50)38(40,41)42)35(57-23-12-10-22(11-13-23)44(51)52)58-25-17-54-34(61-29(25)31)21-7-5-4-6-8-21/h4-8,10-13,24-25,28-36H,9,14-17H2,1-3H3,(H,43,50)/t24-,25-,28-,29-,30-,31-,32+,33-,34?,35+,36+/m1/s1. The number of nitrogens with zero attached hydrogens (tertiary/aromatic N) is 1. The summed E-state index contributed by atoms with van der Waals surface area (Å²) in [5, 5.41) is 13.9. The Labute approximate surface area is 372 Å². The van der Waals surface area contributed by atoms with E-state index in [4.69, 9.17) is 93.8 Å². The van der Waals surface area contributed by atoms with Gasteiger partial charge in [-0.15, -0.1) is 11.6 Å². The Hall–Kier alpha value is -4.38. The molecule has 3 aliphatic rings. The van der Waals surface area contributed by atoms with E-state index in [0.29, 0.717) is 5.56 Å². The van der Waals surface area contributed by atoms with E-state index in [1.807, 2.05) is 0 Å². The van der Waals surface area contributed by atoms with Crippen LogP contribution in [0.25, 0.3) is 0 Å². The normalized spacial score (nSPS) is 28.3. The van der Waals surface area contributed by atoms with E-state index in [9.17, 15) is 38.9 Å². The summed E-state index contributed by atoms with van der Waals surface area (Å²) in [5.41, 5.74) is 0.278. The number of hydrogen-bond acceptors (Lipinski definition) is 18. The molecule has 0 aromatic heterocycles. The van der Waals surface area contributed by atoms with E-state index >= 15 is 0 Å². The van der Waals surface area contributed by atoms with Crippen molar-refractivity contribution < 1.29 is 81.1 Å². The first-order chi connectivity index (χ1) is 29.3. The number of benzene rings is 2. The number of alkyl halides is 4. The minimum atomic E-state index is -2.60. The van der Waals surface area contributed by atoms with Crippen molar-refractivity contribution in [2.75, 3.05) is 19.1 Å². The molecule has 3 saturated heterocycles. The second-order valence-electron chi connectivity index (χ2n) is 13.9. The maximum Gasteiger partial charge on any atom is 0.321 e. The van der Waals surface area contributed by atoms with Crippen molar-refractivity contribution in [1.82, 2.24) is 5.32 Å². The van der Waals surface area contributed by atoms with Gasteiger partial charge in [0.1, 0.15) is 54.5 Å². The molecule has 0 spiro atoms. The molecule has 2 aromatic carbocycles. The van der Waals surface area contributed by atoms with Gasteiger partial charge in [0.05, 0.1) is 18.0 Å². The van der Waals surface area contributed by atoms with Crippen LogP contribution in [0.2, 0.25) is 0 Å². The van der Waals surface area contributed by atoms with E-state index in [1.165, 1.54) is 19.1 Å². The predicted octanol–water partition coefficient (Wildman–Crippen LogP) is 3.70. The molecular formula is C38H40Cl4N2O18. The molecule has 1 N–H and O–H groups in total. The number of nitrogens with one attached hydrogen (secondary N) is 1. The molecule has 11 atom stereocenters. The molecule has 3 fully saturated rings. The maximum atomic E-state index is 13.5. The molecule has 1 amide bonds. The van der Waals surface area contributed by atoms with Gasteiger partial charge in [0, 0.05) is 38.0 Å². The van der Waals surface area contributed by atoms with Crippen molar-refractivity contribution in [2.45, 2.75) is 105 Å². The predicted molar refractivity (Wildman–Crippen MR) is 211 cm³/mol. The van der Waals surface area contributed by atoms with Crippen LogP contribution in [0, 0.1) is 10.1 Å². The lowest BCUT2D eigenvalue weighted by Crippen LogP contribution is -2.71. The van der Waals surface area contributed by atoms with Crippen LogP contribution < -0.4 is 10.1 Å². The zero-order chi connectivity index (χ0) is 45.3. The summed E-state index contributed by atoms with van der Waals surface area (Å²) in [6.45, 7) is 2.40. The minimum absolute atomic E-state index is 0.00275. The molecule has 1 unspecified atom stereocenters. The molecule has 0 bridgehead atoms.